The Morgan fingerprint density at radius 1 is 0.469 bits per heavy atom. The van der Waals surface area contributed by atoms with Crippen molar-refractivity contribution in [3.63, 3.8) is 0 Å². The van der Waals surface area contributed by atoms with E-state index in [1.54, 1.807) is 0 Å². The molecule has 0 spiro atoms. The smallest absolute Gasteiger partial charge is 0.250 e. The number of rotatable bonds is 0. The summed E-state index contributed by atoms with van der Waals surface area (Å²) in [4.78, 5) is 11.2. The van der Waals surface area contributed by atoms with Gasteiger partial charge in [0.1, 0.15) is 0 Å². The van der Waals surface area contributed by atoms with Crippen LogP contribution in [0.25, 0.3) is 32.9 Å². The second-order valence-corrected chi connectivity index (χ2v) is 19.6. The van der Waals surface area contributed by atoms with E-state index < -0.39 is 10.8 Å². The van der Waals surface area contributed by atoms with Crippen LogP contribution in [-0.4, -0.2) is 9.97 Å². The van der Waals surface area contributed by atoms with Crippen molar-refractivity contribution >= 4 is 21.8 Å². The Kier molecular flexibility index (Phi) is 8.86. The minimum atomic E-state index is -0.426. The van der Waals surface area contributed by atoms with E-state index in [2.05, 4.69) is 171 Å². The van der Waals surface area contributed by atoms with Gasteiger partial charge in [0.15, 0.2) is 0 Å². The van der Waals surface area contributed by atoms with Gasteiger partial charge in [0, 0.05) is 33.0 Å². The standard InChI is InChI=1S/C46H56N2.Pt/c1-41(2,3)29-19-27-21-31(23-29)45(13,14)37-25-35(43(7,8)9)33-17-18-34-36(44(10,11)12)26-38(48-40(34)39(33)47-37)46(15,16)32-22-28(27)20-30(24-32)42(4,5)6;/h17-20,23-26H,1-16H3;/q-2;+2. The van der Waals surface area contributed by atoms with Crippen molar-refractivity contribution in [3.8, 4) is 11.1 Å². The summed E-state index contributed by atoms with van der Waals surface area (Å²) in [7, 11) is 0. The molecule has 2 aromatic heterocycles. The Balaban J connectivity index is 0.00000468. The molecule has 0 saturated carbocycles. The van der Waals surface area contributed by atoms with E-state index in [1.807, 2.05) is 0 Å². The molecule has 0 saturated heterocycles. The molecule has 49 heavy (non-hydrogen) atoms. The molecular weight excluding hydrogens is 776 g/mol. The second kappa shape index (κ2) is 11.6. The van der Waals surface area contributed by atoms with Gasteiger partial charge in [-0.25, -0.2) is 21.1 Å². The fourth-order valence-corrected chi connectivity index (χ4v) is 7.10. The van der Waals surface area contributed by atoms with E-state index in [1.165, 1.54) is 33.0 Å². The molecule has 0 unspecified atom stereocenters. The molecule has 0 N–H and O–H groups in total. The molecule has 0 aliphatic carbocycles. The first kappa shape index (κ1) is 37.4. The van der Waals surface area contributed by atoms with Gasteiger partial charge in [-0.15, -0.1) is 34.4 Å². The first-order chi connectivity index (χ1) is 21.8. The van der Waals surface area contributed by atoms with Crippen LogP contribution in [0.1, 0.15) is 156 Å². The molecule has 2 nitrogen and oxygen atoms in total. The van der Waals surface area contributed by atoms with E-state index in [4.69, 9.17) is 9.97 Å². The van der Waals surface area contributed by atoms with E-state index >= 15 is 0 Å². The Hall–Kier alpha value is -2.83. The summed E-state index contributed by atoms with van der Waals surface area (Å²) in [6, 6.07) is 26.7. The summed E-state index contributed by atoms with van der Waals surface area (Å²) >= 11 is 0. The molecule has 3 aromatic carbocycles. The van der Waals surface area contributed by atoms with Crippen LogP contribution in [0.2, 0.25) is 0 Å². The predicted octanol–water partition coefficient (Wildman–Crippen LogP) is 12.2. The Bertz CT molecular complexity index is 1950. The van der Waals surface area contributed by atoms with Crippen molar-refractivity contribution in [2.24, 2.45) is 0 Å². The first-order valence-corrected chi connectivity index (χ1v) is 17.8. The molecule has 0 amide bonds. The summed E-state index contributed by atoms with van der Waals surface area (Å²) in [5.74, 6) is 0. The molecule has 0 radical (unpaired) electrons. The third kappa shape index (κ3) is 6.46. The zero-order valence-corrected chi connectivity index (χ0v) is 35.1. The summed E-state index contributed by atoms with van der Waals surface area (Å²) in [6.45, 7) is 37.0. The Morgan fingerprint density at radius 2 is 0.796 bits per heavy atom. The summed E-state index contributed by atoms with van der Waals surface area (Å²) < 4.78 is 0. The molecule has 1 aliphatic rings. The Labute approximate surface area is 311 Å². The maximum atomic E-state index is 5.62. The van der Waals surface area contributed by atoms with Crippen LogP contribution in [0.5, 0.6) is 0 Å². The molecule has 0 fully saturated rings. The molecule has 8 bridgehead atoms. The summed E-state index contributed by atoms with van der Waals surface area (Å²) in [5, 5.41) is 2.36. The number of pyridine rings is 2. The zero-order valence-electron chi connectivity index (χ0n) is 32.8. The van der Waals surface area contributed by atoms with Crippen LogP contribution in [0.4, 0.5) is 0 Å². The fraction of sp³-hybridized carbons (Fsp3) is 0.478. The number of benzene rings is 3. The predicted molar refractivity (Wildman–Crippen MR) is 206 cm³/mol. The Morgan fingerprint density at radius 3 is 1.08 bits per heavy atom. The maximum Gasteiger partial charge on any atom is 2.00 e. The van der Waals surface area contributed by atoms with Gasteiger partial charge in [-0.1, -0.05) is 123 Å². The topological polar surface area (TPSA) is 25.8 Å². The van der Waals surface area contributed by atoms with Crippen molar-refractivity contribution < 1.29 is 21.1 Å². The summed E-state index contributed by atoms with van der Waals surface area (Å²) in [5.41, 5.74) is 12.6. The van der Waals surface area contributed by atoms with Crippen molar-refractivity contribution in [1.29, 1.82) is 0 Å². The molecular formula is C46H56N2Pt. The normalized spacial score (nSPS) is 15.9. The van der Waals surface area contributed by atoms with Gasteiger partial charge in [0.05, 0.1) is 11.0 Å². The molecule has 1 aliphatic heterocycles. The van der Waals surface area contributed by atoms with Crippen molar-refractivity contribution in [1.82, 2.24) is 9.97 Å². The van der Waals surface area contributed by atoms with Gasteiger partial charge < -0.3 is 0 Å². The number of nitrogens with zero attached hydrogens (tertiary/aromatic N) is 2. The van der Waals surface area contributed by atoms with Gasteiger partial charge in [-0.05, 0) is 44.9 Å². The molecule has 260 valence electrons. The number of fused-ring (bicyclic) bond motifs is 7. The van der Waals surface area contributed by atoms with Crippen LogP contribution in [0.3, 0.4) is 0 Å². The third-order valence-corrected chi connectivity index (χ3v) is 10.8. The molecule has 5 aromatic rings. The average molecular weight is 832 g/mol. The summed E-state index contributed by atoms with van der Waals surface area (Å²) in [6.07, 6.45) is 0. The van der Waals surface area contributed by atoms with Crippen LogP contribution in [0.15, 0.2) is 48.5 Å². The van der Waals surface area contributed by atoms with Gasteiger partial charge >= 0.3 is 21.1 Å². The monoisotopic (exact) mass is 831 g/mol. The molecule has 6 rings (SSSR count). The largest absolute Gasteiger partial charge is 2.00 e. The van der Waals surface area contributed by atoms with Gasteiger partial charge in [-0.3, -0.25) is 0 Å². The minimum absolute atomic E-state index is 0. The van der Waals surface area contributed by atoms with E-state index in [0.717, 1.165) is 44.7 Å². The van der Waals surface area contributed by atoms with Crippen LogP contribution in [0, 0.1) is 12.1 Å². The quantitative estimate of drug-likeness (QED) is 0.115. The van der Waals surface area contributed by atoms with Crippen LogP contribution >= 0.6 is 0 Å². The molecule has 0 atom stereocenters. The van der Waals surface area contributed by atoms with Gasteiger partial charge in [0.2, 0.25) is 0 Å². The molecule has 3 heterocycles. The minimum Gasteiger partial charge on any atom is -0.250 e. The third-order valence-electron chi connectivity index (χ3n) is 10.8. The van der Waals surface area contributed by atoms with E-state index in [0.29, 0.717) is 0 Å². The molecule has 3 heteroatoms. The van der Waals surface area contributed by atoms with E-state index in [9.17, 15) is 0 Å². The zero-order chi connectivity index (χ0) is 35.6. The fourth-order valence-electron chi connectivity index (χ4n) is 7.10. The first-order valence-electron chi connectivity index (χ1n) is 17.8. The average Bonchev–Trinajstić information content (AvgIpc) is 2.97. The van der Waals surface area contributed by atoms with Crippen LogP contribution < -0.4 is 0 Å². The van der Waals surface area contributed by atoms with Gasteiger partial charge in [-0.2, -0.15) is 24.3 Å². The van der Waals surface area contributed by atoms with Gasteiger partial charge in [0.25, 0.3) is 0 Å². The number of aromatic nitrogens is 2. The SMILES string of the molecule is CC(C)(C)c1cc2[c-]c(c1)C(C)(C)c1cc(C(C)(C)C)c3ccc4c(C(C)(C)C)cc(nc4c3n1)C(C)(C)c1[c-]c-2cc(C(C)(C)C)c1.[Pt+2]. The number of hydrogen-bond acceptors (Lipinski definition) is 2. The van der Waals surface area contributed by atoms with Crippen LogP contribution in [-0.2, 0) is 53.6 Å². The van der Waals surface area contributed by atoms with Crippen molar-refractivity contribution in [2.45, 2.75) is 143 Å². The maximum absolute atomic E-state index is 5.62. The second-order valence-electron chi connectivity index (χ2n) is 19.6. The van der Waals surface area contributed by atoms with Crippen molar-refractivity contribution in [3.05, 3.63) is 105 Å². The van der Waals surface area contributed by atoms with Crippen molar-refractivity contribution in [2.75, 3.05) is 0 Å². The van der Waals surface area contributed by atoms with E-state index in [-0.39, 0.29) is 42.7 Å². The number of hydrogen-bond donors (Lipinski definition) is 0.